The Labute approximate surface area is 186 Å². The fraction of sp³-hybridized carbons (Fsp3) is 0.333. The zero-order chi connectivity index (χ0) is 22.4. The number of aliphatic imine (C=N–C) groups is 1. The van der Waals surface area contributed by atoms with E-state index in [4.69, 9.17) is 21.1 Å². The number of unbranched alkanes of at least 4 members (excludes halogenated alkanes) is 2. The molecule has 0 aromatic heterocycles. The highest BCUT2D eigenvalue weighted by Crippen LogP contribution is 2.36. The number of benzene rings is 2. The maximum atomic E-state index is 12.3. The van der Waals surface area contributed by atoms with Crippen molar-refractivity contribution in [2.75, 3.05) is 26.1 Å². The lowest BCUT2D eigenvalue weighted by atomic mass is 10.1. The summed E-state index contributed by atoms with van der Waals surface area (Å²) in [6, 6.07) is 9.96. The third-order valence-electron chi connectivity index (χ3n) is 4.74. The molecule has 0 aliphatic carbocycles. The Morgan fingerprint density at radius 3 is 2.58 bits per heavy atom. The van der Waals surface area contributed by atoms with Gasteiger partial charge in [-0.2, -0.15) is 0 Å². The van der Waals surface area contributed by atoms with Crippen LogP contribution in [0.5, 0.6) is 11.5 Å². The predicted octanol–water partition coefficient (Wildman–Crippen LogP) is 3.59. The molecule has 0 radical (unpaired) electrons. The highest BCUT2D eigenvalue weighted by molar-refractivity contribution is 7.90. The van der Waals surface area contributed by atoms with E-state index in [1.807, 2.05) is 0 Å². The summed E-state index contributed by atoms with van der Waals surface area (Å²) in [7, 11) is -0.511. The van der Waals surface area contributed by atoms with Crippen molar-refractivity contribution in [3.8, 4) is 11.5 Å². The monoisotopic (exact) mass is 465 g/mol. The molecule has 8 nitrogen and oxygen atoms in total. The van der Waals surface area contributed by atoms with Crippen molar-refractivity contribution in [3.05, 3.63) is 47.0 Å². The molecule has 0 unspecified atom stereocenters. The summed E-state index contributed by atoms with van der Waals surface area (Å²) in [6.45, 7) is 0.468. The number of halogens is 1. The average molecular weight is 466 g/mol. The van der Waals surface area contributed by atoms with Crippen LogP contribution in [0.25, 0.3) is 0 Å². The van der Waals surface area contributed by atoms with Gasteiger partial charge in [0.1, 0.15) is 17.3 Å². The Morgan fingerprint density at radius 2 is 1.84 bits per heavy atom. The lowest BCUT2D eigenvalue weighted by Crippen LogP contribution is -2.22. The van der Waals surface area contributed by atoms with Crippen LogP contribution in [-0.2, 0) is 14.8 Å². The Morgan fingerprint density at radius 1 is 1.10 bits per heavy atom. The second-order valence-corrected chi connectivity index (χ2v) is 8.94. The van der Waals surface area contributed by atoms with Crippen molar-refractivity contribution < 1.29 is 22.7 Å². The van der Waals surface area contributed by atoms with Crippen LogP contribution < -0.4 is 19.5 Å². The van der Waals surface area contributed by atoms with Gasteiger partial charge in [0.15, 0.2) is 0 Å². The van der Waals surface area contributed by atoms with Crippen LogP contribution in [0.4, 0.5) is 5.69 Å². The number of nitrogens with one attached hydrogen (secondary N) is 2. The molecule has 10 heteroatoms. The van der Waals surface area contributed by atoms with Gasteiger partial charge in [0.05, 0.1) is 29.8 Å². The SMILES string of the molecule is COc1cc(OC)c(NC(=O)CCCCCN=C2NS(=O)(=O)c3ccccc32)cc1Cl. The van der Waals surface area contributed by atoms with Crippen LogP contribution in [0.15, 0.2) is 46.3 Å². The van der Waals surface area contributed by atoms with Gasteiger partial charge in [-0.1, -0.05) is 30.2 Å². The van der Waals surface area contributed by atoms with Crippen molar-refractivity contribution in [3.63, 3.8) is 0 Å². The van der Waals surface area contributed by atoms with Crippen LogP contribution in [0.1, 0.15) is 31.2 Å². The molecular weight excluding hydrogens is 442 g/mol. The lowest BCUT2D eigenvalue weighted by molar-refractivity contribution is -0.116. The fourth-order valence-corrected chi connectivity index (χ4v) is 4.68. The molecule has 0 spiro atoms. The minimum atomic E-state index is -3.52. The van der Waals surface area contributed by atoms with Crippen molar-refractivity contribution >= 4 is 39.1 Å². The highest BCUT2D eigenvalue weighted by atomic mass is 35.5. The van der Waals surface area contributed by atoms with Crippen LogP contribution in [-0.4, -0.2) is 40.9 Å². The van der Waals surface area contributed by atoms with E-state index < -0.39 is 10.0 Å². The largest absolute Gasteiger partial charge is 0.495 e. The smallest absolute Gasteiger partial charge is 0.263 e. The molecule has 1 aliphatic heterocycles. The quantitative estimate of drug-likeness (QED) is 0.550. The zero-order valence-electron chi connectivity index (χ0n) is 17.3. The van der Waals surface area contributed by atoms with Crippen LogP contribution in [0.3, 0.4) is 0 Å². The van der Waals surface area contributed by atoms with E-state index >= 15 is 0 Å². The summed E-state index contributed by atoms with van der Waals surface area (Å²) < 4.78 is 37.0. The van der Waals surface area contributed by atoms with Crippen LogP contribution >= 0.6 is 11.6 Å². The van der Waals surface area contributed by atoms with Gasteiger partial charge in [-0.05, 0) is 31.0 Å². The number of hydrogen-bond donors (Lipinski definition) is 2. The first-order valence-electron chi connectivity index (χ1n) is 9.73. The number of fused-ring (bicyclic) bond motifs is 1. The van der Waals surface area contributed by atoms with Gasteiger partial charge >= 0.3 is 0 Å². The second kappa shape index (κ2) is 10.0. The van der Waals surface area contributed by atoms with E-state index in [2.05, 4.69) is 15.0 Å². The Balaban J connectivity index is 1.45. The highest BCUT2D eigenvalue weighted by Gasteiger charge is 2.29. The van der Waals surface area contributed by atoms with E-state index in [0.29, 0.717) is 53.0 Å². The predicted molar refractivity (Wildman–Crippen MR) is 120 cm³/mol. The maximum Gasteiger partial charge on any atom is 0.263 e. The van der Waals surface area contributed by atoms with Crippen LogP contribution in [0.2, 0.25) is 5.02 Å². The van der Waals surface area contributed by atoms with E-state index in [1.54, 1.807) is 36.4 Å². The molecule has 2 aromatic carbocycles. The zero-order valence-corrected chi connectivity index (χ0v) is 18.8. The number of sulfonamides is 1. The molecule has 31 heavy (non-hydrogen) atoms. The molecule has 2 aromatic rings. The number of amides is 1. The topological polar surface area (TPSA) is 106 Å². The van der Waals surface area contributed by atoms with E-state index in [1.165, 1.54) is 14.2 Å². The molecule has 0 saturated heterocycles. The van der Waals surface area contributed by atoms with Gasteiger partial charge < -0.3 is 14.8 Å². The standard InChI is InChI=1S/C21H24ClN3O5S/c1-29-17-13-18(30-2)16(12-15(17)22)24-20(26)10-4-3-7-11-23-21-14-8-5-6-9-19(14)31(27,28)25-21/h5-6,8-9,12-13H,3-4,7,10-11H2,1-2H3,(H,23,25)(H,24,26). The van der Waals surface area contributed by atoms with Crippen LogP contribution in [0, 0.1) is 0 Å². The summed E-state index contributed by atoms with van der Waals surface area (Å²) in [5.74, 6) is 1.15. The summed E-state index contributed by atoms with van der Waals surface area (Å²) in [5.41, 5.74) is 1.07. The molecule has 2 N–H and O–H groups in total. The number of ether oxygens (including phenoxy) is 2. The first-order chi connectivity index (χ1) is 14.9. The molecule has 0 atom stereocenters. The number of carbonyl (C=O) groups is 1. The number of carbonyl (C=O) groups excluding carboxylic acids is 1. The normalized spacial score (nSPS) is 15.3. The maximum absolute atomic E-state index is 12.3. The minimum Gasteiger partial charge on any atom is -0.495 e. The molecule has 0 bridgehead atoms. The third kappa shape index (κ3) is 5.48. The van der Waals surface area contributed by atoms with Gasteiger partial charge in [-0.25, -0.2) is 8.42 Å². The van der Waals surface area contributed by atoms with E-state index in [9.17, 15) is 13.2 Å². The molecule has 1 heterocycles. The molecule has 0 saturated carbocycles. The second-order valence-electron chi connectivity index (χ2n) is 6.88. The fourth-order valence-electron chi connectivity index (χ4n) is 3.19. The van der Waals surface area contributed by atoms with Gasteiger partial charge in [0, 0.05) is 24.6 Å². The van der Waals surface area contributed by atoms with Crippen molar-refractivity contribution in [1.29, 1.82) is 0 Å². The average Bonchev–Trinajstić information content (AvgIpc) is 3.01. The lowest BCUT2D eigenvalue weighted by Gasteiger charge is -2.13. The van der Waals surface area contributed by atoms with Gasteiger partial charge in [0.2, 0.25) is 5.91 Å². The minimum absolute atomic E-state index is 0.150. The summed E-state index contributed by atoms with van der Waals surface area (Å²) in [5, 5.41) is 3.18. The Hall–Kier alpha value is -2.78. The number of hydrogen-bond acceptors (Lipinski definition) is 6. The van der Waals surface area contributed by atoms with Gasteiger partial charge in [-0.3, -0.25) is 14.5 Å². The summed E-state index contributed by atoms with van der Waals surface area (Å²) in [6.07, 6.45) is 2.52. The third-order valence-corrected chi connectivity index (χ3v) is 6.44. The summed E-state index contributed by atoms with van der Waals surface area (Å²) >= 11 is 6.12. The first-order valence-corrected chi connectivity index (χ1v) is 11.6. The number of nitrogens with zero attached hydrogens (tertiary/aromatic N) is 1. The Bertz CT molecular complexity index is 1100. The molecule has 1 amide bonds. The van der Waals surface area contributed by atoms with Crippen molar-refractivity contribution in [2.24, 2.45) is 4.99 Å². The molecule has 1 aliphatic rings. The van der Waals surface area contributed by atoms with Crippen molar-refractivity contribution in [2.45, 2.75) is 30.6 Å². The molecule has 0 fully saturated rings. The molecule has 166 valence electrons. The first kappa shape index (κ1) is 22.9. The number of rotatable bonds is 9. The van der Waals surface area contributed by atoms with E-state index in [0.717, 1.165) is 12.8 Å². The number of anilines is 1. The summed E-state index contributed by atoms with van der Waals surface area (Å²) in [4.78, 5) is 16.9. The Kier molecular flexibility index (Phi) is 7.40. The van der Waals surface area contributed by atoms with Crippen molar-refractivity contribution in [1.82, 2.24) is 4.72 Å². The molecule has 3 rings (SSSR count). The van der Waals surface area contributed by atoms with Gasteiger partial charge in [0.25, 0.3) is 10.0 Å². The number of amidine groups is 1. The van der Waals surface area contributed by atoms with Gasteiger partial charge in [-0.15, -0.1) is 0 Å². The number of methoxy groups -OCH3 is 2. The molecular formula is C21H24ClN3O5S. The van der Waals surface area contributed by atoms with E-state index in [-0.39, 0.29) is 10.8 Å².